The molecule has 1 N–H and O–H groups in total. The van der Waals surface area contributed by atoms with E-state index in [0.29, 0.717) is 11.9 Å². The first-order chi connectivity index (χ1) is 11.6. The molecular formula is C19H19N3O2. The highest BCUT2D eigenvalue weighted by atomic mass is 16.2. The molecule has 0 aliphatic heterocycles. The Hall–Kier alpha value is -2.95. The number of hydrogen-bond donors (Lipinski definition) is 1. The van der Waals surface area contributed by atoms with E-state index in [1.165, 1.54) is 10.2 Å². The number of aromatic nitrogens is 2. The molecule has 1 aromatic heterocycles. The summed E-state index contributed by atoms with van der Waals surface area (Å²) in [5, 5.41) is 8.28. The second kappa shape index (κ2) is 7.08. The first kappa shape index (κ1) is 15.9. The molecule has 0 spiro atoms. The molecule has 1 unspecified atom stereocenters. The van der Waals surface area contributed by atoms with Crippen LogP contribution in [0.3, 0.4) is 0 Å². The number of nitrogens with zero attached hydrogens (tertiary/aromatic N) is 2. The number of carbonyl (C=O) groups excluding carboxylic acids is 1. The molecular weight excluding hydrogens is 302 g/mol. The minimum atomic E-state index is -0.251. The maximum Gasteiger partial charge on any atom is 0.275 e. The van der Waals surface area contributed by atoms with E-state index in [0.717, 1.165) is 5.39 Å². The Morgan fingerprint density at radius 2 is 1.83 bits per heavy atom. The van der Waals surface area contributed by atoms with Gasteiger partial charge in [0.2, 0.25) is 5.91 Å². The first-order valence-corrected chi connectivity index (χ1v) is 7.91. The standard InChI is InChI=1S/C19H19N3O2/c1-14(15-7-3-2-4-8-15)11-20-18(23)13-22-19(24)17-10-6-5-9-16(17)12-21-22/h2-10,12,14H,11,13H2,1H3,(H,20,23). The van der Waals surface area contributed by atoms with Gasteiger partial charge in [0, 0.05) is 11.9 Å². The van der Waals surface area contributed by atoms with Crippen molar-refractivity contribution in [2.45, 2.75) is 19.4 Å². The lowest BCUT2D eigenvalue weighted by Crippen LogP contribution is -2.35. The van der Waals surface area contributed by atoms with Gasteiger partial charge in [0.05, 0.1) is 11.6 Å². The third kappa shape index (κ3) is 3.51. The van der Waals surface area contributed by atoms with Crippen molar-refractivity contribution >= 4 is 16.7 Å². The highest BCUT2D eigenvalue weighted by molar-refractivity contribution is 5.81. The van der Waals surface area contributed by atoms with Crippen molar-refractivity contribution in [1.29, 1.82) is 0 Å². The molecule has 0 bridgehead atoms. The second-order valence-corrected chi connectivity index (χ2v) is 5.81. The van der Waals surface area contributed by atoms with Gasteiger partial charge in [-0.3, -0.25) is 9.59 Å². The lowest BCUT2D eigenvalue weighted by molar-refractivity contribution is -0.121. The quantitative estimate of drug-likeness (QED) is 0.784. The van der Waals surface area contributed by atoms with Gasteiger partial charge in [-0.05, 0) is 17.5 Å². The highest BCUT2D eigenvalue weighted by Gasteiger charge is 2.10. The average Bonchev–Trinajstić information content (AvgIpc) is 2.63. The number of nitrogens with one attached hydrogen (secondary N) is 1. The van der Waals surface area contributed by atoms with Crippen LogP contribution in [0.5, 0.6) is 0 Å². The van der Waals surface area contributed by atoms with Crippen molar-refractivity contribution in [2.24, 2.45) is 0 Å². The molecule has 0 fully saturated rings. The van der Waals surface area contributed by atoms with Crippen molar-refractivity contribution < 1.29 is 4.79 Å². The number of fused-ring (bicyclic) bond motifs is 1. The Kier molecular flexibility index (Phi) is 4.70. The van der Waals surface area contributed by atoms with Crippen LogP contribution in [0, 0.1) is 0 Å². The maximum atomic E-state index is 12.3. The van der Waals surface area contributed by atoms with E-state index in [4.69, 9.17) is 0 Å². The number of benzene rings is 2. The molecule has 0 aliphatic rings. The Bertz CT molecular complexity index is 903. The molecule has 24 heavy (non-hydrogen) atoms. The summed E-state index contributed by atoms with van der Waals surface area (Å²) in [5.41, 5.74) is 0.915. The van der Waals surface area contributed by atoms with Crippen LogP contribution in [-0.4, -0.2) is 22.2 Å². The van der Waals surface area contributed by atoms with Gasteiger partial charge in [0.15, 0.2) is 0 Å². The summed E-state index contributed by atoms with van der Waals surface area (Å²) in [6, 6.07) is 17.2. The average molecular weight is 321 g/mol. The van der Waals surface area contributed by atoms with Crippen molar-refractivity contribution in [3.8, 4) is 0 Å². The lowest BCUT2D eigenvalue weighted by atomic mass is 10.0. The second-order valence-electron chi connectivity index (χ2n) is 5.81. The molecule has 3 aromatic rings. The van der Waals surface area contributed by atoms with Crippen LogP contribution < -0.4 is 10.9 Å². The third-order valence-corrected chi connectivity index (χ3v) is 4.03. The molecule has 5 heteroatoms. The maximum absolute atomic E-state index is 12.3. The predicted molar refractivity (Wildman–Crippen MR) is 93.9 cm³/mol. The fourth-order valence-corrected chi connectivity index (χ4v) is 2.60. The number of amides is 1. The van der Waals surface area contributed by atoms with Crippen molar-refractivity contribution in [3.05, 3.63) is 76.7 Å². The molecule has 3 rings (SSSR count). The summed E-state index contributed by atoms with van der Waals surface area (Å²) < 4.78 is 1.20. The molecule has 0 saturated heterocycles. The van der Waals surface area contributed by atoms with E-state index >= 15 is 0 Å². The van der Waals surface area contributed by atoms with Crippen LogP contribution in [0.2, 0.25) is 0 Å². The molecule has 0 aliphatic carbocycles. The highest BCUT2D eigenvalue weighted by Crippen LogP contribution is 2.12. The number of carbonyl (C=O) groups is 1. The Morgan fingerprint density at radius 1 is 1.12 bits per heavy atom. The van der Waals surface area contributed by atoms with Crippen LogP contribution in [0.15, 0.2) is 65.6 Å². The minimum Gasteiger partial charge on any atom is -0.354 e. The van der Waals surface area contributed by atoms with E-state index in [1.807, 2.05) is 42.5 Å². The molecule has 0 saturated carbocycles. The monoisotopic (exact) mass is 321 g/mol. The molecule has 2 aromatic carbocycles. The molecule has 122 valence electrons. The van der Waals surface area contributed by atoms with Crippen molar-refractivity contribution in [2.75, 3.05) is 6.54 Å². The number of hydrogen-bond acceptors (Lipinski definition) is 3. The first-order valence-electron chi connectivity index (χ1n) is 7.91. The molecule has 1 amide bonds. The Morgan fingerprint density at radius 3 is 2.62 bits per heavy atom. The summed E-state index contributed by atoms with van der Waals surface area (Å²) in [6.45, 7) is 2.49. The van der Waals surface area contributed by atoms with Crippen molar-refractivity contribution in [1.82, 2.24) is 15.1 Å². The Labute approximate surface area is 139 Å². The summed E-state index contributed by atoms with van der Waals surface area (Å²) in [5.74, 6) is -0.0147. The zero-order valence-corrected chi connectivity index (χ0v) is 13.5. The van der Waals surface area contributed by atoms with Gasteiger partial charge < -0.3 is 5.32 Å². The van der Waals surface area contributed by atoms with E-state index < -0.39 is 0 Å². The minimum absolute atomic E-state index is 0.0782. The largest absolute Gasteiger partial charge is 0.354 e. The Balaban J connectivity index is 1.65. The zero-order valence-electron chi connectivity index (χ0n) is 13.5. The van der Waals surface area contributed by atoms with Crippen LogP contribution in [-0.2, 0) is 11.3 Å². The topological polar surface area (TPSA) is 64.0 Å². The SMILES string of the molecule is CC(CNC(=O)Cn1ncc2ccccc2c1=O)c1ccccc1. The van der Waals surface area contributed by atoms with Crippen molar-refractivity contribution in [3.63, 3.8) is 0 Å². The smallest absolute Gasteiger partial charge is 0.275 e. The van der Waals surface area contributed by atoms with Gasteiger partial charge in [-0.2, -0.15) is 5.10 Å². The summed E-state index contributed by atoms with van der Waals surface area (Å²) in [7, 11) is 0. The van der Waals surface area contributed by atoms with Gasteiger partial charge in [-0.15, -0.1) is 0 Å². The van der Waals surface area contributed by atoms with E-state index in [-0.39, 0.29) is 23.9 Å². The third-order valence-electron chi connectivity index (χ3n) is 4.03. The molecule has 5 nitrogen and oxygen atoms in total. The predicted octanol–water partition coefficient (Wildman–Crippen LogP) is 2.32. The van der Waals surface area contributed by atoms with Gasteiger partial charge in [-0.1, -0.05) is 55.5 Å². The number of rotatable bonds is 5. The normalized spacial score (nSPS) is 12.0. The van der Waals surface area contributed by atoms with E-state index in [9.17, 15) is 9.59 Å². The van der Waals surface area contributed by atoms with Gasteiger partial charge in [0.1, 0.15) is 6.54 Å². The fourth-order valence-electron chi connectivity index (χ4n) is 2.60. The molecule has 0 radical (unpaired) electrons. The fraction of sp³-hybridized carbons (Fsp3) is 0.211. The molecule has 1 heterocycles. The molecule has 1 atom stereocenters. The summed E-state index contributed by atoms with van der Waals surface area (Å²) >= 11 is 0. The lowest BCUT2D eigenvalue weighted by Gasteiger charge is -2.13. The van der Waals surface area contributed by atoms with Crippen LogP contribution >= 0.6 is 0 Å². The van der Waals surface area contributed by atoms with E-state index in [2.05, 4.69) is 17.3 Å². The summed E-state index contributed by atoms with van der Waals surface area (Å²) in [4.78, 5) is 24.5. The van der Waals surface area contributed by atoms with Crippen LogP contribution in [0.25, 0.3) is 10.8 Å². The van der Waals surface area contributed by atoms with E-state index in [1.54, 1.807) is 18.3 Å². The van der Waals surface area contributed by atoms with Crippen LogP contribution in [0.4, 0.5) is 0 Å². The van der Waals surface area contributed by atoms with Gasteiger partial charge in [0.25, 0.3) is 5.56 Å². The van der Waals surface area contributed by atoms with Gasteiger partial charge >= 0.3 is 0 Å². The zero-order chi connectivity index (χ0) is 16.9. The summed E-state index contributed by atoms with van der Waals surface area (Å²) in [6.07, 6.45) is 1.61. The van der Waals surface area contributed by atoms with Gasteiger partial charge in [-0.25, -0.2) is 4.68 Å². The van der Waals surface area contributed by atoms with Crippen LogP contribution in [0.1, 0.15) is 18.4 Å².